The number of carbonyl (C=O) groups is 2. The smallest absolute Gasteiger partial charge is 0.233 e. The summed E-state index contributed by atoms with van der Waals surface area (Å²) in [7, 11) is 0. The van der Waals surface area contributed by atoms with Gasteiger partial charge < -0.3 is 9.47 Å². The first-order valence-corrected chi connectivity index (χ1v) is 8.45. The van der Waals surface area contributed by atoms with Crippen LogP contribution >= 0.6 is 11.6 Å². The molecule has 0 radical (unpaired) electrons. The van der Waals surface area contributed by atoms with Crippen LogP contribution in [-0.4, -0.2) is 23.5 Å². The first-order chi connectivity index (χ1) is 12.1. The third kappa shape index (κ3) is 3.20. The molecule has 0 saturated carbocycles. The van der Waals surface area contributed by atoms with E-state index in [0.29, 0.717) is 22.9 Å². The standard InChI is InChI=1S/C19H16ClNO4/c20-15-4-1-12(2-5-15)7-14-9-18(22)21(19(14)23)10-13-3-6-16-17(8-13)25-11-24-16/h1-6,8,14H,7,9-11H2/t14-/m1/s1. The fraction of sp³-hybridized carbons (Fsp3) is 0.263. The molecule has 1 fully saturated rings. The summed E-state index contributed by atoms with van der Waals surface area (Å²) in [6.45, 7) is 0.453. The Hall–Kier alpha value is -2.53. The average molecular weight is 358 g/mol. The van der Waals surface area contributed by atoms with Gasteiger partial charge in [0, 0.05) is 11.4 Å². The van der Waals surface area contributed by atoms with Crippen molar-refractivity contribution in [3.05, 3.63) is 58.6 Å². The van der Waals surface area contributed by atoms with Crippen molar-refractivity contribution in [2.24, 2.45) is 5.92 Å². The molecule has 5 nitrogen and oxygen atoms in total. The van der Waals surface area contributed by atoms with Crippen molar-refractivity contribution in [1.29, 1.82) is 0 Å². The topological polar surface area (TPSA) is 55.8 Å². The zero-order valence-corrected chi connectivity index (χ0v) is 14.2. The molecule has 0 unspecified atom stereocenters. The predicted molar refractivity (Wildman–Crippen MR) is 91.4 cm³/mol. The van der Waals surface area contributed by atoms with Gasteiger partial charge in [0.25, 0.3) is 0 Å². The number of carbonyl (C=O) groups excluding carboxylic acids is 2. The van der Waals surface area contributed by atoms with Crippen LogP contribution in [0.3, 0.4) is 0 Å². The minimum atomic E-state index is -0.317. The highest BCUT2D eigenvalue weighted by molar-refractivity contribution is 6.30. The van der Waals surface area contributed by atoms with E-state index >= 15 is 0 Å². The summed E-state index contributed by atoms with van der Waals surface area (Å²) in [5.41, 5.74) is 1.85. The van der Waals surface area contributed by atoms with Crippen LogP contribution in [0.5, 0.6) is 11.5 Å². The maximum atomic E-state index is 12.6. The molecule has 0 spiro atoms. The minimum absolute atomic E-state index is 0.127. The van der Waals surface area contributed by atoms with Gasteiger partial charge in [-0.1, -0.05) is 29.8 Å². The van der Waals surface area contributed by atoms with Crippen molar-refractivity contribution >= 4 is 23.4 Å². The average Bonchev–Trinajstić information content (AvgIpc) is 3.17. The number of hydrogen-bond acceptors (Lipinski definition) is 4. The van der Waals surface area contributed by atoms with Crippen LogP contribution in [0.15, 0.2) is 42.5 Å². The lowest BCUT2D eigenvalue weighted by molar-refractivity contribution is -0.140. The van der Waals surface area contributed by atoms with E-state index in [9.17, 15) is 9.59 Å². The lowest BCUT2D eigenvalue weighted by atomic mass is 9.98. The Kier molecular flexibility index (Phi) is 4.09. The Bertz CT molecular complexity index is 834. The molecule has 25 heavy (non-hydrogen) atoms. The van der Waals surface area contributed by atoms with E-state index in [-0.39, 0.29) is 37.5 Å². The summed E-state index contributed by atoms with van der Waals surface area (Å²) in [5, 5.41) is 0.655. The number of rotatable bonds is 4. The molecule has 4 rings (SSSR count). The highest BCUT2D eigenvalue weighted by Gasteiger charge is 2.38. The lowest BCUT2D eigenvalue weighted by Gasteiger charge is -2.15. The lowest BCUT2D eigenvalue weighted by Crippen LogP contribution is -2.30. The molecular weight excluding hydrogens is 342 g/mol. The van der Waals surface area contributed by atoms with Gasteiger partial charge in [0.2, 0.25) is 18.6 Å². The Labute approximate surface area is 150 Å². The van der Waals surface area contributed by atoms with Crippen LogP contribution in [0.25, 0.3) is 0 Å². The van der Waals surface area contributed by atoms with Crippen LogP contribution in [0, 0.1) is 5.92 Å². The molecule has 0 bridgehead atoms. The summed E-state index contributed by atoms with van der Waals surface area (Å²) < 4.78 is 10.6. The van der Waals surface area contributed by atoms with Gasteiger partial charge in [0.15, 0.2) is 11.5 Å². The number of hydrogen-bond donors (Lipinski definition) is 0. The maximum Gasteiger partial charge on any atom is 0.233 e. The highest BCUT2D eigenvalue weighted by atomic mass is 35.5. The second kappa shape index (κ2) is 6.41. The minimum Gasteiger partial charge on any atom is -0.454 e. The van der Waals surface area contributed by atoms with Crippen LogP contribution < -0.4 is 9.47 Å². The largest absolute Gasteiger partial charge is 0.454 e. The summed E-state index contributed by atoms with van der Waals surface area (Å²) in [5.74, 6) is 0.750. The molecule has 128 valence electrons. The molecule has 2 aromatic carbocycles. The second-order valence-corrected chi connectivity index (χ2v) is 6.67. The molecule has 1 atom stereocenters. The molecule has 0 aliphatic carbocycles. The molecule has 2 aliphatic rings. The third-order valence-corrected chi connectivity index (χ3v) is 4.76. The first-order valence-electron chi connectivity index (χ1n) is 8.07. The van der Waals surface area contributed by atoms with Crippen molar-refractivity contribution < 1.29 is 19.1 Å². The quantitative estimate of drug-likeness (QED) is 0.788. The van der Waals surface area contributed by atoms with E-state index in [1.807, 2.05) is 24.3 Å². The van der Waals surface area contributed by atoms with Crippen molar-refractivity contribution in [3.63, 3.8) is 0 Å². The number of likely N-dealkylation sites (tertiary alicyclic amines) is 1. The Morgan fingerprint density at radius 3 is 2.52 bits per heavy atom. The Morgan fingerprint density at radius 2 is 1.72 bits per heavy atom. The highest BCUT2D eigenvalue weighted by Crippen LogP contribution is 2.33. The first kappa shape index (κ1) is 16.0. The van der Waals surface area contributed by atoms with Crippen LogP contribution in [0.1, 0.15) is 17.5 Å². The SMILES string of the molecule is O=C1C[C@@H](Cc2ccc(Cl)cc2)C(=O)N1Cc1ccc2c(c1)OCO2. The molecule has 0 N–H and O–H groups in total. The van der Waals surface area contributed by atoms with Crippen molar-refractivity contribution in [2.45, 2.75) is 19.4 Å². The monoisotopic (exact) mass is 357 g/mol. The molecule has 2 aromatic rings. The zero-order valence-electron chi connectivity index (χ0n) is 13.4. The van der Waals surface area contributed by atoms with Gasteiger partial charge in [-0.2, -0.15) is 0 Å². The molecule has 2 aliphatic heterocycles. The normalized spacial score (nSPS) is 18.9. The Balaban J connectivity index is 1.46. The molecule has 2 amide bonds. The summed E-state index contributed by atoms with van der Waals surface area (Å²) >= 11 is 5.89. The van der Waals surface area contributed by atoms with E-state index in [1.165, 1.54) is 4.90 Å². The maximum absolute atomic E-state index is 12.6. The van der Waals surface area contributed by atoms with Crippen LogP contribution in [0.4, 0.5) is 0 Å². The predicted octanol–water partition coefficient (Wildman–Crippen LogP) is 3.19. The molecule has 0 aromatic heterocycles. The van der Waals surface area contributed by atoms with E-state index < -0.39 is 0 Å². The third-order valence-electron chi connectivity index (χ3n) is 4.51. The molecule has 1 saturated heterocycles. The number of halogens is 1. The summed E-state index contributed by atoms with van der Waals surface area (Å²) in [6, 6.07) is 12.8. The number of ether oxygens (including phenoxy) is 2. The number of nitrogens with zero attached hydrogens (tertiary/aromatic N) is 1. The number of amides is 2. The van der Waals surface area contributed by atoms with Gasteiger partial charge >= 0.3 is 0 Å². The molecular formula is C19H16ClNO4. The van der Waals surface area contributed by atoms with E-state index in [4.69, 9.17) is 21.1 Å². The second-order valence-electron chi connectivity index (χ2n) is 6.24. The van der Waals surface area contributed by atoms with Gasteiger partial charge in [0.1, 0.15) is 0 Å². The van der Waals surface area contributed by atoms with Crippen LogP contribution in [0.2, 0.25) is 5.02 Å². The van der Waals surface area contributed by atoms with E-state index in [2.05, 4.69) is 0 Å². The van der Waals surface area contributed by atoms with Gasteiger partial charge in [-0.3, -0.25) is 14.5 Å². The van der Waals surface area contributed by atoms with Gasteiger partial charge in [0.05, 0.1) is 12.5 Å². The fourth-order valence-electron chi connectivity index (χ4n) is 3.20. The van der Waals surface area contributed by atoms with Gasteiger partial charge in [-0.25, -0.2) is 0 Å². The van der Waals surface area contributed by atoms with Crippen LogP contribution in [-0.2, 0) is 22.6 Å². The molecule has 2 heterocycles. The number of fused-ring (bicyclic) bond motifs is 1. The van der Waals surface area contributed by atoms with E-state index in [0.717, 1.165) is 11.1 Å². The van der Waals surface area contributed by atoms with Gasteiger partial charge in [-0.05, 0) is 41.8 Å². The van der Waals surface area contributed by atoms with Gasteiger partial charge in [-0.15, -0.1) is 0 Å². The number of benzene rings is 2. The van der Waals surface area contributed by atoms with Crippen molar-refractivity contribution in [2.75, 3.05) is 6.79 Å². The van der Waals surface area contributed by atoms with E-state index in [1.54, 1.807) is 18.2 Å². The fourth-order valence-corrected chi connectivity index (χ4v) is 3.33. The number of imide groups is 1. The summed E-state index contributed by atoms with van der Waals surface area (Å²) in [6.07, 6.45) is 0.783. The summed E-state index contributed by atoms with van der Waals surface area (Å²) in [4.78, 5) is 26.3. The molecule has 6 heteroatoms. The van der Waals surface area contributed by atoms with Crippen molar-refractivity contribution in [3.8, 4) is 11.5 Å². The van der Waals surface area contributed by atoms with Crippen molar-refractivity contribution in [1.82, 2.24) is 4.90 Å². The zero-order chi connectivity index (χ0) is 17.4. The Morgan fingerprint density at radius 1 is 1.00 bits per heavy atom.